The smallest absolute Gasteiger partial charge is 0.183 e. The second-order valence-corrected chi connectivity index (χ2v) is 7.30. The lowest BCUT2D eigenvalue weighted by atomic mass is 10.0. The van der Waals surface area contributed by atoms with Gasteiger partial charge in [-0.15, -0.1) is 11.3 Å². The maximum Gasteiger partial charge on any atom is 0.183 e. The molecule has 0 fully saturated rings. The molecular formula is C14H24N2O2S. The summed E-state index contributed by atoms with van der Waals surface area (Å²) < 4.78 is 5.15. The Balaban J connectivity index is 2.41. The number of nitrogens with zero attached hydrogens (tertiary/aromatic N) is 1. The van der Waals surface area contributed by atoms with Gasteiger partial charge in [-0.3, -0.25) is 0 Å². The van der Waals surface area contributed by atoms with Crippen molar-refractivity contribution in [3.8, 4) is 0 Å². The highest BCUT2D eigenvalue weighted by Gasteiger charge is 2.28. The Hall–Kier alpha value is -0.620. The molecule has 1 aliphatic rings. The standard InChI is InChI=1S/C14H24N2O2S/c1-14(2,3)15-12-11(13(17)18-5)9-6-7-16(4)8-10(9)19-12/h13,15,17H,6-8H2,1-5H3. The number of hydrogen-bond acceptors (Lipinski definition) is 5. The Morgan fingerprint density at radius 1 is 1.42 bits per heavy atom. The number of rotatable bonds is 3. The Kier molecular flexibility index (Phi) is 4.20. The van der Waals surface area contributed by atoms with Gasteiger partial charge in [0.05, 0.1) is 5.00 Å². The SMILES string of the molecule is COC(O)c1c(NC(C)(C)C)sc2c1CCN(C)C2. The molecule has 4 nitrogen and oxygen atoms in total. The molecule has 0 radical (unpaired) electrons. The van der Waals surface area contributed by atoms with Crippen LogP contribution in [0.3, 0.4) is 0 Å². The Labute approximate surface area is 119 Å². The molecule has 1 aliphatic heterocycles. The number of ether oxygens (including phenoxy) is 1. The van der Waals surface area contributed by atoms with E-state index in [0.717, 1.165) is 30.1 Å². The topological polar surface area (TPSA) is 44.7 Å². The molecule has 0 aliphatic carbocycles. The minimum atomic E-state index is -0.840. The van der Waals surface area contributed by atoms with Gasteiger partial charge in [-0.25, -0.2) is 0 Å². The number of hydrogen-bond donors (Lipinski definition) is 2. The van der Waals surface area contributed by atoms with Crippen molar-refractivity contribution in [3.05, 3.63) is 16.0 Å². The van der Waals surface area contributed by atoms with E-state index >= 15 is 0 Å². The molecule has 2 rings (SSSR count). The van der Waals surface area contributed by atoms with Gasteiger partial charge in [-0.05, 0) is 39.8 Å². The van der Waals surface area contributed by atoms with Gasteiger partial charge < -0.3 is 20.1 Å². The summed E-state index contributed by atoms with van der Waals surface area (Å²) in [5.41, 5.74) is 2.18. The number of likely N-dealkylation sites (N-methyl/N-ethyl adjacent to an activating group) is 1. The van der Waals surface area contributed by atoms with Gasteiger partial charge in [0.1, 0.15) is 0 Å². The van der Waals surface area contributed by atoms with Crippen molar-refractivity contribution in [1.29, 1.82) is 0 Å². The fraction of sp³-hybridized carbons (Fsp3) is 0.714. The van der Waals surface area contributed by atoms with E-state index < -0.39 is 6.29 Å². The van der Waals surface area contributed by atoms with Crippen LogP contribution in [0.4, 0.5) is 5.00 Å². The second kappa shape index (κ2) is 5.40. The monoisotopic (exact) mass is 284 g/mol. The molecule has 19 heavy (non-hydrogen) atoms. The third kappa shape index (κ3) is 3.28. The minimum Gasteiger partial charge on any atom is -0.372 e. The molecule has 0 saturated carbocycles. The lowest BCUT2D eigenvalue weighted by Gasteiger charge is -2.24. The van der Waals surface area contributed by atoms with E-state index in [2.05, 4.69) is 38.0 Å². The van der Waals surface area contributed by atoms with E-state index in [4.69, 9.17) is 4.74 Å². The number of fused-ring (bicyclic) bond motifs is 1. The van der Waals surface area contributed by atoms with Crippen LogP contribution in [0.1, 0.15) is 43.1 Å². The van der Waals surface area contributed by atoms with Gasteiger partial charge >= 0.3 is 0 Å². The van der Waals surface area contributed by atoms with E-state index in [0.29, 0.717) is 0 Å². The molecule has 1 unspecified atom stereocenters. The van der Waals surface area contributed by atoms with Crippen molar-refractivity contribution in [2.45, 2.75) is 45.6 Å². The Bertz CT molecular complexity index is 451. The first-order valence-electron chi connectivity index (χ1n) is 6.64. The normalized spacial score (nSPS) is 18.2. The van der Waals surface area contributed by atoms with Crippen LogP contribution in [0.5, 0.6) is 0 Å². The summed E-state index contributed by atoms with van der Waals surface area (Å²) in [5.74, 6) is 0. The molecule has 108 valence electrons. The maximum absolute atomic E-state index is 10.1. The fourth-order valence-electron chi connectivity index (χ4n) is 2.37. The summed E-state index contributed by atoms with van der Waals surface area (Å²) in [6.45, 7) is 8.36. The second-order valence-electron chi connectivity index (χ2n) is 6.20. The van der Waals surface area contributed by atoms with Crippen LogP contribution in [0.15, 0.2) is 0 Å². The largest absolute Gasteiger partial charge is 0.372 e. The van der Waals surface area contributed by atoms with Crippen molar-refractivity contribution in [1.82, 2.24) is 4.90 Å². The van der Waals surface area contributed by atoms with Crippen molar-refractivity contribution in [2.75, 3.05) is 26.0 Å². The van der Waals surface area contributed by atoms with Crippen LogP contribution >= 0.6 is 11.3 Å². The van der Waals surface area contributed by atoms with Gasteiger partial charge in [0.25, 0.3) is 0 Å². The average Bonchev–Trinajstić information content (AvgIpc) is 2.62. The van der Waals surface area contributed by atoms with Gasteiger partial charge in [-0.1, -0.05) is 0 Å². The summed E-state index contributed by atoms with van der Waals surface area (Å²) in [7, 11) is 3.68. The lowest BCUT2D eigenvalue weighted by molar-refractivity contribution is -0.0769. The highest BCUT2D eigenvalue weighted by atomic mass is 32.1. The predicted molar refractivity (Wildman–Crippen MR) is 79.7 cm³/mol. The summed E-state index contributed by atoms with van der Waals surface area (Å²) in [6, 6.07) is 0. The van der Waals surface area contributed by atoms with Gasteiger partial charge in [0.15, 0.2) is 6.29 Å². The van der Waals surface area contributed by atoms with E-state index in [1.165, 1.54) is 10.4 Å². The molecule has 0 amide bonds. The number of anilines is 1. The third-order valence-electron chi connectivity index (χ3n) is 3.25. The minimum absolute atomic E-state index is 0.0262. The molecule has 0 spiro atoms. The highest BCUT2D eigenvalue weighted by Crippen LogP contribution is 2.41. The van der Waals surface area contributed by atoms with Crippen molar-refractivity contribution < 1.29 is 9.84 Å². The fourth-order valence-corrected chi connectivity index (χ4v) is 3.93. The summed E-state index contributed by atoms with van der Waals surface area (Å²) in [5, 5.41) is 14.7. The van der Waals surface area contributed by atoms with Gasteiger partial charge in [0.2, 0.25) is 0 Å². The van der Waals surface area contributed by atoms with Crippen LogP contribution in [0, 0.1) is 0 Å². The zero-order valence-corrected chi connectivity index (χ0v) is 13.2. The third-order valence-corrected chi connectivity index (χ3v) is 4.40. The van der Waals surface area contributed by atoms with Crippen LogP contribution in [-0.4, -0.2) is 36.2 Å². The molecule has 1 atom stereocenters. The molecule has 1 aromatic heterocycles. The van der Waals surface area contributed by atoms with Crippen LogP contribution in [0.2, 0.25) is 0 Å². The van der Waals surface area contributed by atoms with Crippen LogP contribution in [-0.2, 0) is 17.7 Å². The van der Waals surface area contributed by atoms with Crippen molar-refractivity contribution in [3.63, 3.8) is 0 Å². The molecule has 0 aromatic carbocycles. The van der Waals surface area contributed by atoms with E-state index in [1.54, 1.807) is 18.4 Å². The summed E-state index contributed by atoms with van der Waals surface area (Å²) >= 11 is 1.74. The number of nitrogens with one attached hydrogen (secondary N) is 1. The molecule has 0 bridgehead atoms. The Morgan fingerprint density at radius 2 is 2.11 bits per heavy atom. The molecule has 1 aromatic rings. The first-order valence-corrected chi connectivity index (χ1v) is 7.45. The van der Waals surface area contributed by atoms with E-state index in [1.807, 2.05) is 0 Å². The van der Waals surface area contributed by atoms with E-state index in [-0.39, 0.29) is 5.54 Å². The Morgan fingerprint density at radius 3 is 2.68 bits per heavy atom. The van der Waals surface area contributed by atoms with Gasteiger partial charge in [0, 0.05) is 36.2 Å². The molecule has 2 N–H and O–H groups in total. The first-order chi connectivity index (χ1) is 8.81. The molecular weight excluding hydrogens is 260 g/mol. The zero-order chi connectivity index (χ0) is 14.2. The number of methoxy groups -OCH3 is 1. The molecule has 2 heterocycles. The highest BCUT2D eigenvalue weighted by molar-refractivity contribution is 7.16. The summed E-state index contributed by atoms with van der Waals surface area (Å²) in [4.78, 5) is 3.65. The van der Waals surface area contributed by atoms with Crippen molar-refractivity contribution in [2.24, 2.45) is 0 Å². The average molecular weight is 284 g/mol. The van der Waals surface area contributed by atoms with Crippen molar-refractivity contribution >= 4 is 16.3 Å². The number of thiophene rings is 1. The van der Waals surface area contributed by atoms with Crippen LogP contribution in [0.25, 0.3) is 0 Å². The number of aliphatic hydroxyl groups is 1. The summed E-state index contributed by atoms with van der Waals surface area (Å²) in [6.07, 6.45) is 0.137. The lowest BCUT2D eigenvalue weighted by Crippen LogP contribution is -2.27. The quantitative estimate of drug-likeness (QED) is 0.838. The maximum atomic E-state index is 10.1. The zero-order valence-electron chi connectivity index (χ0n) is 12.4. The van der Waals surface area contributed by atoms with E-state index in [9.17, 15) is 5.11 Å². The first kappa shape index (κ1) is 14.8. The van der Waals surface area contributed by atoms with Gasteiger partial charge in [-0.2, -0.15) is 0 Å². The number of aliphatic hydroxyl groups excluding tert-OH is 1. The van der Waals surface area contributed by atoms with Crippen LogP contribution < -0.4 is 5.32 Å². The predicted octanol–water partition coefficient (Wildman–Crippen LogP) is 2.58. The molecule has 5 heteroatoms. The molecule has 0 saturated heterocycles.